The van der Waals surface area contributed by atoms with Crippen molar-refractivity contribution in [1.29, 1.82) is 0 Å². The summed E-state index contributed by atoms with van der Waals surface area (Å²) in [7, 11) is 3.17. The van der Waals surface area contributed by atoms with Gasteiger partial charge in [-0.05, 0) is 5.92 Å². The van der Waals surface area contributed by atoms with Crippen LogP contribution in [0.1, 0.15) is 29.9 Å². The van der Waals surface area contributed by atoms with Crippen molar-refractivity contribution >= 4 is 33.8 Å². The molecule has 2 aromatic rings. The van der Waals surface area contributed by atoms with Crippen LogP contribution in [-0.2, 0) is 0 Å². The van der Waals surface area contributed by atoms with Crippen molar-refractivity contribution in [2.24, 2.45) is 5.92 Å². The van der Waals surface area contributed by atoms with Crippen LogP contribution in [0.4, 0.5) is 16.6 Å². The minimum atomic E-state index is 0.0197. The predicted octanol–water partition coefficient (Wildman–Crippen LogP) is 3.71. The Labute approximate surface area is 139 Å². The Bertz CT molecular complexity index is 676. The van der Waals surface area contributed by atoms with Crippen molar-refractivity contribution in [2.45, 2.75) is 20.3 Å². The van der Waals surface area contributed by atoms with Crippen molar-refractivity contribution in [3.8, 4) is 11.5 Å². The average molecular weight is 335 g/mol. The third kappa shape index (κ3) is 4.35. The van der Waals surface area contributed by atoms with Gasteiger partial charge in [0.1, 0.15) is 22.2 Å². The number of nitrogens with one attached hydrogen (secondary N) is 1. The average Bonchev–Trinajstić information content (AvgIpc) is 2.86. The smallest absolute Gasteiger partial charge is 0.189 e. The van der Waals surface area contributed by atoms with Crippen LogP contribution >= 0.6 is 11.3 Å². The lowest BCUT2D eigenvalue weighted by atomic mass is 10.1. The zero-order valence-electron chi connectivity index (χ0n) is 13.7. The molecule has 6 nitrogen and oxygen atoms in total. The maximum atomic E-state index is 12.2. The fourth-order valence-electron chi connectivity index (χ4n) is 2.05. The van der Waals surface area contributed by atoms with E-state index in [0.29, 0.717) is 27.9 Å². The molecule has 0 atom stereocenters. The molecule has 0 spiro atoms. The highest BCUT2D eigenvalue weighted by atomic mass is 32.1. The fraction of sp³-hybridized carbons (Fsp3) is 0.375. The Morgan fingerprint density at radius 2 is 1.87 bits per heavy atom. The number of carbonyl (C=O) groups is 1. The SMILES string of the molecule is COc1cc(Nc2nc(N)c(C(=O)CC(C)C)s2)cc(OC)c1. The first-order valence-electron chi connectivity index (χ1n) is 7.22. The van der Waals surface area contributed by atoms with Gasteiger partial charge in [0.25, 0.3) is 0 Å². The van der Waals surface area contributed by atoms with Crippen LogP contribution in [0.5, 0.6) is 11.5 Å². The second-order valence-electron chi connectivity index (χ2n) is 5.48. The summed E-state index contributed by atoms with van der Waals surface area (Å²) in [5, 5.41) is 3.70. The second kappa shape index (κ2) is 7.32. The maximum Gasteiger partial charge on any atom is 0.189 e. The highest BCUT2D eigenvalue weighted by Crippen LogP contribution is 2.32. The maximum absolute atomic E-state index is 12.2. The standard InChI is InChI=1S/C16H21N3O3S/c1-9(2)5-13(20)14-15(17)19-16(23-14)18-10-6-11(21-3)8-12(7-10)22-4/h6-9H,5,17H2,1-4H3,(H,18,19). The van der Waals surface area contributed by atoms with Crippen molar-refractivity contribution < 1.29 is 14.3 Å². The van der Waals surface area contributed by atoms with Gasteiger partial charge >= 0.3 is 0 Å². The van der Waals surface area contributed by atoms with Gasteiger partial charge in [-0.3, -0.25) is 4.79 Å². The van der Waals surface area contributed by atoms with E-state index in [1.807, 2.05) is 26.0 Å². The zero-order valence-corrected chi connectivity index (χ0v) is 14.5. The van der Waals surface area contributed by atoms with Crippen molar-refractivity contribution in [2.75, 3.05) is 25.3 Å². The molecule has 0 bridgehead atoms. The molecule has 0 saturated heterocycles. The molecule has 124 valence electrons. The first kappa shape index (κ1) is 17.1. The number of benzene rings is 1. The molecule has 0 radical (unpaired) electrons. The molecular formula is C16H21N3O3S. The van der Waals surface area contributed by atoms with Crippen LogP contribution in [0.15, 0.2) is 18.2 Å². The Morgan fingerprint density at radius 1 is 1.26 bits per heavy atom. The number of rotatable bonds is 7. The summed E-state index contributed by atoms with van der Waals surface area (Å²) in [6, 6.07) is 5.41. The Morgan fingerprint density at radius 3 is 2.39 bits per heavy atom. The number of nitrogen functional groups attached to an aromatic ring is 1. The fourth-order valence-corrected chi connectivity index (χ4v) is 2.91. The lowest BCUT2D eigenvalue weighted by molar-refractivity contribution is 0.0972. The van der Waals surface area contributed by atoms with E-state index in [1.54, 1.807) is 20.3 Å². The molecule has 3 N–H and O–H groups in total. The van der Waals surface area contributed by atoms with Gasteiger partial charge in [0.05, 0.1) is 14.2 Å². The van der Waals surface area contributed by atoms with Crippen LogP contribution < -0.4 is 20.5 Å². The number of Topliss-reactive ketones (excluding diaryl/α,β-unsaturated/α-hetero) is 1. The number of hydrogen-bond donors (Lipinski definition) is 2. The summed E-state index contributed by atoms with van der Waals surface area (Å²) >= 11 is 1.25. The van der Waals surface area contributed by atoms with Crippen LogP contribution in [-0.4, -0.2) is 25.0 Å². The monoisotopic (exact) mass is 335 g/mol. The summed E-state index contributed by atoms with van der Waals surface area (Å²) in [5.41, 5.74) is 6.62. The quantitative estimate of drug-likeness (QED) is 0.750. The Kier molecular flexibility index (Phi) is 5.44. The highest BCUT2D eigenvalue weighted by Gasteiger charge is 2.17. The lowest BCUT2D eigenvalue weighted by Crippen LogP contribution is -2.04. The molecule has 1 aromatic carbocycles. The molecule has 0 aliphatic heterocycles. The number of thiazole rings is 1. The van der Waals surface area contributed by atoms with Crippen LogP contribution in [0.3, 0.4) is 0 Å². The predicted molar refractivity (Wildman–Crippen MR) is 93.1 cm³/mol. The van der Waals surface area contributed by atoms with Gasteiger partial charge in [0, 0.05) is 30.3 Å². The molecule has 23 heavy (non-hydrogen) atoms. The van der Waals surface area contributed by atoms with Gasteiger partial charge in [0.2, 0.25) is 0 Å². The zero-order chi connectivity index (χ0) is 17.0. The Hall–Kier alpha value is -2.28. The molecule has 2 rings (SSSR count). The normalized spacial score (nSPS) is 10.7. The van der Waals surface area contributed by atoms with Crippen LogP contribution in [0.2, 0.25) is 0 Å². The van der Waals surface area contributed by atoms with Gasteiger partial charge in [-0.15, -0.1) is 0 Å². The third-order valence-corrected chi connectivity index (χ3v) is 4.13. The van der Waals surface area contributed by atoms with E-state index in [-0.39, 0.29) is 17.5 Å². The van der Waals surface area contributed by atoms with E-state index < -0.39 is 0 Å². The number of nitrogens with two attached hydrogens (primary N) is 1. The number of methoxy groups -OCH3 is 2. The van der Waals surface area contributed by atoms with Gasteiger partial charge in [-0.1, -0.05) is 25.2 Å². The third-order valence-electron chi connectivity index (χ3n) is 3.10. The van der Waals surface area contributed by atoms with Crippen LogP contribution in [0, 0.1) is 5.92 Å². The summed E-state index contributed by atoms with van der Waals surface area (Å²) in [5.74, 6) is 1.88. The number of ether oxygens (including phenoxy) is 2. The minimum Gasteiger partial charge on any atom is -0.497 e. The van der Waals surface area contributed by atoms with Gasteiger partial charge in [0.15, 0.2) is 10.9 Å². The largest absolute Gasteiger partial charge is 0.497 e. The molecule has 0 aliphatic carbocycles. The van der Waals surface area contributed by atoms with E-state index in [1.165, 1.54) is 11.3 Å². The summed E-state index contributed by atoms with van der Waals surface area (Å²) in [6.07, 6.45) is 0.457. The lowest BCUT2D eigenvalue weighted by Gasteiger charge is -2.08. The molecular weight excluding hydrogens is 314 g/mol. The molecule has 1 aromatic heterocycles. The number of nitrogens with zero attached hydrogens (tertiary/aromatic N) is 1. The number of aromatic nitrogens is 1. The number of ketones is 1. The van der Waals surface area contributed by atoms with Crippen molar-refractivity contribution in [3.05, 3.63) is 23.1 Å². The van der Waals surface area contributed by atoms with E-state index in [4.69, 9.17) is 15.2 Å². The minimum absolute atomic E-state index is 0.0197. The first-order chi connectivity index (χ1) is 10.9. The van der Waals surface area contributed by atoms with Gasteiger partial charge < -0.3 is 20.5 Å². The molecule has 0 aliphatic rings. The van der Waals surface area contributed by atoms with Crippen molar-refractivity contribution in [1.82, 2.24) is 4.98 Å². The second-order valence-corrected chi connectivity index (χ2v) is 6.48. The number of carbonyl (C=O) groups excluding carboxylic acids is 1. The van der Waals surface area contributed by atoms with Crippen LogP contribution in [0.25, 0.3) is 0 Å². The summed E-state index contributed by atoms with van der Waals surface area (Å²) in [4.78, 5) is 16.9. The molecule has 0 amide bonds. The van der Waals surface area contributed by atoms with E-state index >= 15 is 0 Å². The Balaban J connectivity index is 2.23. The first-order valence-corrected chi connectivity index (χ1v) is 8.04. The number of anilines is 3. The van der Waals surface area contributed by atoms with Crippen molar-refractivity contribution in [3.63, 3.8) is 0 Å². The molecule has 7 heteroatoms. The molecule has 0 unspecified atom stereocenters. The van der Waals surface area contributed by atoms with E-state index in [0.717, 1.165) is 5.69 Å². The summed E-state index contributed by atoms with van der Waals surface area (Å²) < 4.78 is 10.5. The van der Waals surface area contributed by atoms with E-state index in [9.17, 15) is 4.79 Å². The summed E-state index contributed by atoms with van der Waals surface area (Å²) in [6.45, 7) is 3.99. The highest BCUT2D eigenvalue weighted by molar-refractivity contribution is 7.18. The van der Waals surface area contributed by atoms with E-state index in [2.05, 4.69) is 10.3 Å². The van der Waals surface area contributed by atoms with Gasteiger partial charge in [-0.2, -0.15) is 0 Å². The topological polar surface area (TPSA) is 86.5 Å². The number of hydrogen-bond acceptors (Lipinski definition) is 7. The molecule has 0 fully saturated rings. The molecule has 1 heterocycles. The molecule has 0 saturated carbocycles. The van der Waals surface area contributed by atoms with Gasteiger partial charge in [-0.25, -0.2) is 4.98 Å².